The van der Waals surface area contributed by atoms with Crippen molar-refractivity contribution in [3.05, 3.63) is 60.7 Å². The lowest BCUT2D eigenvalue weighted by Gasteiger charge is -2.19. The molecule has 2 aromatic rings. The molecular weight excluding hydrogens is 406 g/mol. The maximum absolute atomic E-state index is 12.6. The number of fused-ring (bicyclic) bond motifs is 1. The van der Waals surface area contributed by atoms with Gasteiger partial charge < -0.3 is 19.1 Å². The molecule has 0 radical (unpaired) electrons. The van der Waals surface area contributed by atoms with Crippen LogP contribution in [0.1, 0.15) is 12.0 Å². The van der Waals surface area contributed by atoms with E-state index in [1.165, 1.54) is 17.0 Å². The lowest BCUT2D eigenvalue weighted by Crippen LogP contribution is -2.28. The zero-order valence-corrected chi connectivity index (χ0v) is 17.7. The van der Waals surface area contributed by atoms with E-state index in [0.29, 0.717) is 37.9 Å². The van der Waals surface area contributed by atoms with E-state index in [9.17, 15) is 13.2 Å². The van der Waals surface area contributed by atoms with Crippen molar-refractivity contribution in [3.8, 4) is 17.2 Å². The number of benzene rings is 2. The summed E-state index contributed by atoms with van der Waals surface area (Å²) in [5.74, 6) is 1.13. The zero-order chi connectivity index (χ0) is 21.6. The summed E-state index contributed by atoms with van der Waals surface area (Å²) in [6.45, 7) is 5.22. The van der Waals surface area contributed by atoms with Crippen molar-refractivity contribution in [1.82, 2.24) is 4.90 Å². The van der Waals surface area contributed by atoms with Crippen LogP contribution in [-0.4, -0.2) is 51.8 Å². The van der Waals surface area contributed by atoms with Crippen LogP contribution in [0, 0.1) is 0 Å². The molecular formula is C22H25NO6S. The Hall–Kier alpha value is -3.00. The summed E-state index contributed by atoms with van der Waals surface area (Å²) in [4.78, 5) is 14.1. The van der Waals surface area contributed by atoms with Gasteiger partial charge in [0, 0.05) is 26.1 Å². The van der Waals surface area contributed by atoms with E-state index >= 15 is 0 Å². The third-order valence-corrected chi connectivity index (χ3v) is 6.31. The van der Waals surface area contributed by atoms with Crippen LogP contribution in [0.5, 0.6) is 17.2 Å². The first kappa shape index (κ1) is 21.7. The van der Waals surface area contributed by atoms with Gasteiger partial charge in [0.05, 0.1) is 10.6 Å². The molecule has 1 aliphatic heterocycles. The molecule has 2 aromatic carbocycles. The van der Waals surface area contributed by atoms with Crippen LogP contribution in [0.2, 0.25) is 0 Å². The maximum Gasteiger partial charge on any atom is 0.223 e. The fraction of sp³-hybridized carbons (Fsp3) is 0.318. The smallest absolute Gasteiger partial charge is 0.223 e. The minimum atomic E-state index is -3.62. The molecule has 0 aromatic heterocycles. The van der Waals surface area contributed by atoms with Crippen LogP contribution >= 0.6 is 0 Å². The number of nitrogens with zero attached hydrogens (tertiary/aromatic N) is 1. The van der Waals surface area contributed by atoms with Crippen molar-refractivity contribution >= 4 is 15.7 Å². The monoisotopic (exact) mass is 431 g/mol. The van der Waals surface area contributed by atoms with Gasteiger partial charge in [0.2, 0.25) is 5.91 Å². The number of sulfone groups is 1. The molecule has 30 heavy (non-hydrogen) atoms. The number of ether oxygens (including phenoxy) is 3. The van der Waals surface area contributed by atoms with Crippen molar-refractivity contribution < 1.29 is 27.4 Å². The normalized spacial score (nSPS) is 12.8. The summed E-state index contributed by atoms with van der Waals surface area (Å²) in [5, 5.41) is 0. The second-order valence-electron chi connectivity index (χ2n) is 6.87. The molecule has 0 atom stereocenters. The molecule has 0 unspecified atom stereocenters. The first-order valence-electron chi connectivity index (χ1n) is 9.58. The van der Waals surface area contributed by atoms with Gasteiger partial charge in [0.1, 0.15) is 25.6 Å². The Morgan fingerprint density at radius 2 is 1.83 bits per heavy atom. The Kier molecular flexibility index (Phi) is 6.99. The molecule has 0 saturated heterocycles. The highest BCUT2D eigenvalue weighted by atomic mass is 32.2. The van der Waals surface area contributed by atoms with Gasteiger partial charge in [-0.1, -0.05) is 24.8 Å². The molecule has 1 aliphatic rings. The summed E-state index contributed by atoms with van der Waals surface area (Å²) >= 11 is 0. The Labute approximate surface area is 176 Å². The summed E-state index contributed by atoms with van der Waals surface area (Å²) in [5.41, 5.74) is 0.923. The summed E-state index contributed by atoms with van der Waals surface area (Å²) in [6.07, 6.45) is 1.56. The van der Waals surface area contributed by atoms with Crippen LogP contribution in [0.4, 0.5) is 0 Å². The predicted octanol–water partition coefficient (Wildman–Crippen LogP) is 2.85. The standard InChI is InChI=1S/C22H25NO6S/c1-3-11-27-18-6-4-17(5-7-18)16-23(2)22(24)10-14-30(25,26)19-8-9-20-21(15-19)29-13-12-28-20/h3-9,15H,1,10-14,16H2,2H3. The van der Waals surface area contributed by atoms with Crippen LogP contribution in [0.3, 0.4) is 0 Å². The quantitative estimate of drug-likeness (QED) is 0.568. The first-order valence-corrected chi connectivity index (χ1v) is 11.2. The molecule has 0 aliphatic carbocycles. The zero-order valence-electron chi connectivity index (χ0n) is 16.9. The molecule has 3 rings (SSSR count). The van der Waals surface area contributed by atoms with Gasteiger partial charge in [0.15, 0.2) is 21.3 Å². The van der Waals surface area contributed by atoms with Gasteiger partial charge in [-0.05, 0) is 29.8 Å². The Morgan fingerprint density at radius 1 is 1.13 bits per heavy atom. The topological polar surface area (TPSA) is 82.1 Å². The lowest BCUT2D eigenvalue weighted by atomic mass is 10.2. The molecule has 0 spiro atoms. The van der Waals surface area contributed by atoms with Crippen molar-refractivity contribution in [2.24, 2.45) is 0 Å². The molecule has 0 bridgehead atoms. The van der Waals surface area contributed by atoms with Crippen LogP contribution < -0.4 is 14.2 Å². The third-order valence-electron chi connectivity index (χ3n) is 4.59. The van der Waals surface area contributed by atoms with Gasteiger partial charge >= 0.3 is 0 Å². The molecule has 0 saturated carbocycles. The second-order valence-corrected chi connectivity index (χ2v) is 8.98. The Bertz CT molecular complexity index is 1000. The lowest BCUT2D eigenvalue weighted by molar-refractivity contribution is -0.130. The van der Waals surface area contributed by atoms with Gasteiger partial charge in [-0.15, -0.1) is 0 Å². The van der Waals surface area contributed by atoms with Crippen molar-refractivity contribution in [2.75, 3.05) is 32.6 Å². The highest BCUT2D eigenvalue weighted by Gasteiger charge is 2.21. The minimum Gasteiger partial charge on any atom is -0.490 e. The first-order chi connectivity index (χ1) is 14.4. The number of carbonyl (C=O) groups excluding carboxylic acids is 1. The highest BCUT2D eigenvalue weighted by molar-refractivity contribution is 7.91. The Balaban J connectivity index is 1.55. The molecule has 160 valence electrons. The van der Waals surface area contributed by atoms with Gasteiger partial charge in [-0.3, -0.25) is 4.79 Å². The SMILES string of the molecule is C=CCOc1ccc(CN(C)C(=O)CCS(=O)(=O)c2ccc3c(c2)OCCO3)cc1. The summed E-state index contributed by atoms with van der Waals surface area (Å²) in [7, 11) is -1.96. The average Bonchev–Trinajstić information content (AvgIpc) is 2.76. The van der Waals surface area contributed by atoms with Gasteiger partial charge in [-0.2, -0.15) is 0 Å². The number of rotatable bonds is 9. The predicted molar refractivity (Wildman–Crippen MR) is 113 cm³/mol. The molecule has 1 amide bonds. The summed E-state index contributed by atoms with van der Waals surface area (Å²) in [6, 6.07) is 11.9. The molecule has 0 fully saturated rings. The van der Waals surface area contributed by atoms with Crippen molar-refractivity contribution in [3.63, 3.8) is 0 Å². The molecule has 0 N–H and O–H groups in total. The maximum atomic E-state index is 12.6. The summed E-state index contributed by atoms with van der Waals surface area (Å²) < 4.78 is 41.6. The minimum absolute atomic E-state index is 0.103. The fourth-order valence-corrected chi connectivity index (χ4v) is 4.20. The van der Waals surface area contributed by atoms with Crippen LogP contribution in [-0.2, 0) is 21.2 Å². The van der Waals surface area contributed by atoms with E-state index in [0.717, 1.165) is 11.3 Å². The van der Waals surface area contributed by atoms with E-state index in [1.54, 1.807) is 19.2 Å². The average molecular weight is 432 g/mol. The number of hydrogen-bond acceptors (Lipinski definition) is 6. The van der Waals surface area contributed by atoms with Crippen LogP contribution in [0.25, 0.3) is 0 Å². The highest BCUT2D eigenvalue weighted by Crippen LogP contribution is 2.32. The van der Waals surface area contributed by atoms with Crippen molar-refractivity contribution in [1.29, 1.82) is 0 Å². The number of carbonyl (C=O) groups is 1. The number of amides is 1. The van der Waals surface area contributed by atoms with E-state index in [4.69, 9.17) is 14.2 Å². The fourth-order valence-electron chi connectivity index (χ4n) is 2.96. The molecule has 8 heteroatoms. The molecule has 7 nitrogen and oxygen atoms in total. The number of hydrogen-bond donors (Lipinski definition) is 0. The second kappa shape index (κ2) is 9.67. The van der Waals surface area contributed by atoms with E-state index in [2.05, 4.69) is 6.58 Å². The van der Waals surface area contributed by atoms with Gasteiger partial charge in [0.25, 0.3) is 0 Å². The van der Waals surface area contributed by atoms with E-state index < -0.39 is 9.84 Å². The molecule has 1 heterocycles. The van der Waals surface area contributed by atoms with Crippen LogP contribution in [0.15, 0.2) is 60.0 Å². The third kappa shape index (κ3) is 5.54. The van der Waals surface area contributed by atoms with Crippen molar-refractivity contribution in [2.45, 2.75) is 17.9 Å². The van der Waals surface area contributed by atoms with E-state index in [-0.39, 0.29) is 23.0 Å². The Morgan fingerprint density at radius 3 is 2.53 bits per heavy atom. The van der Waals surface area contributed by atoms with E-state index in [1.807, 2.05) is 24.3 Å². The van der Waals surface area contributed by atoms with Gasteiger partial charge in [-0.25, -0.2) is 8.42 Å². The largest absolute Gasteiger partial charge is 0.490 e.